The van der Waals surface area contributed by atoms with Crippen molar-refractivity contribution in [3.63, 3.8) is 0 Å². The van der Waals surface area contributed by atoms with Gasteiger partial charge in [0.25, 0.3) is 5.91 Å². The summed E-state index contributed by atoms with van der Waals surface area (Å²) in [7, 11) is 1.53. The van der Waals surface area contributed by atoms with Crippen LogP contribution in [-0.4, -0.2) is 18.1 Å². The lowest BCUT2D eigenvalue weighted by Crippen LogP contribution is -2.17. The maximum atomic E-state index is 11.4. The Kier molecular flexibility index (Phi) is 3.10. The average Bonchev–Trinajstić information content (AvgIpc) is 2.39. The molecule has 2 N–H and O–H groups in total. The fourth-order valence-electron chi connectivity index (χ4n) is 1.67. The van der Waals surface area contributed by atoms with Crippen molar-refractivity contribution >= 4 is 5.91 Å². The zero-order valence-electron chi connectivity index (χ0n) is 9.47. The Morgan fingerprint density at radius 2 is 1.76 bits per heavy atom. The van der Waals surface area contributed by atoms with Gasteiger partial charge in [-0.25, -0.2) is 0 Å². The van der Waals surface area contributed by atoms with Crippen LogP contribution in [0.5, 0.6) is 5.75 Å². The number of hydrogen-bond donors (Lipinski definition) is 2. The molecule has 0 heterocycles. The SMILES string of the molecule is CNC(=O)c1ccc(-c2ccccc2)cc1O. The van der Waals surface area contributed by atoms with E-state index in [1.54, 1.807) is 12.1 Å². The molecule has 86 valence electrons. The quantitative estimate of drug-likeness (QED) is 0.827. The number of carbonyl (C=O) groups excluding carboxylic acids is 1. The van der Waals surface area contributed by atoms with Gasteiger partial charge in [0.2, 0.25) is 0 Å². The Bertz CT molecular complexity index is 535. The van der Waals surface area contributed by atoms with E-state index >= 15 is 0 Å². The number of phenols is 1. The molecule has 0 atom stereocenters. The average molecular weight is 227 g/mol. The number of benzene rings is 2. The molecule has 2 aromatic carbocycles. The van der Waals surface area contributed by atoms with E-state index < -0.39 is 0 Å². The van der Waals surface area contributed by atoms with Crippen LogP contribution in [0.2, 0.25) is 0 Å². The summed E-state index contributed by atoms with van der Waals surface area (Å²) < 4.78 is 0. The predicted molar refractivity (Wildman–Crippen MR) is 66.9 cm³/mol. The molecule has 0 aliphatic carbocycles. The van der Waals surface area contributed by atoms with Gasteiger partial charge in [-0.1, -0.05) is 36.4 Å². The number of nitrogens with one attached hydrogen (secondary N) is 1. The number of hydrogen-bond acceptors (Lipinski definition) is 2. The van der Waals surface area contributed by atoms with Gasteiger partial charge in [0.05, 0.1) is 5.56 Å². The third-order valence-electron chi connectivity index (χ3n) is 2.58. The van der Waals surface area contributed by atoms with Crippen molar-refractivity contribution in [1.82, 2.24) is 5.32 Å². The standard InChI is InChI=1S/C14H13NO2/c1-15-14(17)12-8-7-11(9-13(12)16)10-5-3-2-4-6-10/h2-9,16H,1H3,(H,15,17). The molecule has 1 amide bonds. The van der Waals surface area contributed by atoms with Gasteiger partial charge < -0.3 is 10.4 Å². The summed E-state index contributed by atoms with van der Waals surface area (Å²) >= 11 is 0. The molecule has 17 heavy (non-hydrogen) atoms. The zero-order chi connectivity index (χ0) is 12.3. The molecule has 0 radical (unpaired) electrons. The minimum atomic E-state index is -0.290. The highest BCUT2D eigenvalue weighted by atomic mass is 16.3. The smallest absolute Gasteiger partial charge is 0.254 e. The minimum Gasteiger partial charge on any atom is -0.507 e. The first-order chi connectivity index (χ1) is 8.22. The number of carbonyl (C=O) groups is 1. The summed E-state index contributed by atoms with van der Waals surface area (Å²) in [5, 5.41) is 12.3. The normalized spacial score (nSPS) is 9.94. The first-order valence-corrected chi connectivity index (χ1v) is 5.33. The van der Waals surface area contributed by atoms with E-state index in [1.807, 2.05) is 36.4 Å². The van der Waals surface area contributed by atoms with Crippen LogP contribution in [0, 0.1) is 0 Å². The molecule has 0 aliphatic rings. The van der Waals surface area contributed by atoms with Gasteiger partial charge in [-0.2, -0.15) is 0 Å². The van der Waals surface area contributed by atoms with Crippen molar-refractivity contribution in [3.05, 3.63) is 54.1 Å². The molecule has 0 aliphatic heterocycles. The van der Waals surface area contributed by atoms with Crippen LogP contribution in [-0.2, 0) is 0 Å². The summed E-state index contributed by atoms with van der Waals surface area (Å²) in [6.45, 7) is 0. The van der Waals surface area contributed by atoms with Crippen molar-refractivity contribution in [2.45, 2.75) is 0 Å². The first kappa shape index (κ1) is 11.2. The summed E-state index contributed by atoms with van der Waals surface area (Å²) in [5.74, 6) is -0.298. The van der Waals surface area contributed by atoms with Gasteiger partial charge >= 0.3 is 0 Å². The molecule has 0 unspecified atom stereocenters. The van der Waals surface area contributed by atoms with Crippen molar-refractivity contribution in [3.8, 4) is 16.9 Å². The molecule has 0 fully saturated rings. The van der Waals surface area contributed by atoms with E-state index in [-0.39, 0.29) is 17.2 Å². The lowest BCUT2D eigenvalue weighted by atomic mass is 10.0. The van der Waals surface area contributed by atoms with Gasteiger partial charge in [0.15, 0.2) is 0 Å². The van der Waals surface area contributed by atoms with Crippen LogP contribution in [0.1, 0.15) is 10.4 Å². The van der Waals surface area contributed by atoms with E-state index in [2.05, 4.69) is 5.32 Å². The lowest BCUT2D eigenvalue weighted by molar-refractivity contribution is 0.0960. The van der Waals surface area contributed by atoms with Crippen LogP contribution in [0.15, 0.2) is 48.5 Å². The van der Waals surface area contributed by atoms with E-state index in [1.165, 1.54) is 7.05 Å². The molecule has 0 aromatic heterocycles. The van der Waals surface area contributed by atoms with Gasteiger partial charge in [-0.15, -0.1) is 0 Å². The number of aromatic hydroxyl groups is 1. The first-order valence-electron chi connectivity index (χ1n) is 5.33. The summed E-state index contributed by atoms with van der Waals surface area (Å²) in [5.41, 5.74) is 2.18. The van der Waals surface area contributed by atoms with Crippen LogP contribution in [0.4, 0.5) is 0 Å². The van der Waals surface area contributed by atoms with E-state index in [4.69, 9.17) is 0 Å². The second kappa shape index (κ2) is 4.70. The van der Waals surface area contributed by atoms with Gasteiger partial charge in [0, 0.05) is 7.05 Å². The number of rotatable bonds is 2. The largest absolute Gasteiger partial charge is 0.507 e. The molecule has 0 saturated carbocycles. The lowest BCUT2D eigenvalue weighted by Gasteiger charge is -2.06. The van der Waals surface area contributed by atoms with E-state index in [0.29, 0.717) is 0 Å². The molecule has 2 rings (SSSR count). The minimum absolute atomic E-state index is 0.00861. The van der Waals surface area contributed by atoms with Crippen LogP contribution < -0.4 is 5.32 Å². The molecule has 0 saturated heterocycles. The monoisotopic (exact) mass is 227 g/mol. The number of amides is 1. The molecule has 3 nitrogen and oxygen atoms in total. The van der Waals surface area contributed by atoms with E-state index in [0.717, 1.165) is 11.1 Å². The molecular formula is C14H13NO2. The summed E-state index contributed by atoms with van der Waals surface area (Å²) in [6.07, 6.45) is 0. The topological polar surface area (TPSA) is 49.3 Å². The van der Waals surface area contributed by atoms with Gasteiger partial charge in [-0.05, 0) is 23.3 Å². The second-order valence-electron chi connectivity index (χ2n) is 3.68. The Labute approximate surface area is 99.7 Å². The molecule has 0 spiro atoms. The Hall–Kier alpha value is -2.29. The Morgan fingerprint density at radius 3 is 2.35 bits per heavy atom. The Balaban J connectivity index is 2.41. The molecule has 3 heteroatoms. The highest BCUT2D eigenvalue weighted by Crippen LogP contribution is 2.26. The second-order valence-corrected chi connectivity index (χ2v) is 3.68. The van der Waals surface area contributed by atoms with Crippen LogP contribution >= 0.6 is 0 Å². The van der Waals surface area contributed by atoms with Crippen molar-refractivity contribution in [1.29, 1.82) is 0 Å². The molecular weight excluding hydrogens is 214 g/mol. The van der Waals surface area contributed by atoms with Crippen LogP contribution in [0.3, 0.4) is 0 Å². The van der Waals surface area contributed by atoms with Gasteiger partial charge in [0.1, 0.15) is 5.75 Å². The third kappa shape index (κ3) is 2.28. The van der Waals surface area contributed by atoms with Crippen LogP contribution in [0.25, 0.3) is 11.1 Å². The third-order valence-corrected chi connectivity index (χ3v) is 2.58. The highest BCUT2D eigenvalue weighted by Gasteiger charge is 2.10. The summed E-state index contributed by atoms with van der Waals surface area (Å²) in [4.78, 5) is 11.4. The van der Waals surface area contributed by atoms with Crippen molar-refractivity contribution in [2.24, 2.45) is 0 Å². The molecule has 2 aromatic rings. The predicted octanol–water partition coefficient (Wildman–Crippen LogP) is 2.42. The number of phenolic OH excluding ortho intramolecular Hbond substituents is 1. The van der Waals surface area contributed by atoms with Crippen molar-refractivity contribution in [2.75, 3.05) is 7.05 Å². The zero-order valence-corrected chi connectivity index (χ0v) is 9.47. The fourth-order valence-corrected chi connectivity index (χ4v) is 1.67. The maximum Gasteiger partial charge on any atom is 0.254 e. The fraction of sp³-hybridized carbons (Fsp3) is 0.0714. The summed E-state index contributed by atoms with van der Waals surface area (Å²) in [6, 6.07) is 14.7. The van der Waals surface area contributed by atoms with E-state index in [9.17, 15) is 9.90 Å². The van der Waals surface area contributed by atoms with Gasteiger partial charge in [-0.3, -0.25) is 4.79 Å². The molecule has 0 bridgehead atoms. The maximum absolute atomic E-state index is 11.4. The highest BCUT2D eigenvalue weighted by molar-refractivity contribution is 5.97. The van der Waals surface area contributed by atoms with Crippen molar-refractivity contribution < 1.29 is 9.90 Å². The Morgan fingerprint density at radius 1 is 1.06 bits per heavy atom.